The number of aryl methyl sites for hydroxylation is 1. The summed E-state index contributed by atoms with van der Waals surface area (Å²) < 4.78 is 1.86. The van der Waals surface area contributed by atoms with Crippen molar-refractivity contribution in [1.82, 2.24) is 20.0 Å². The monoisotopic (exact) mass is 332 g/mol. The standard InChI is InChI=1S/C18H25ClN4/c1-14(16-11-20-22(2)13-16)21-18-7-9-23(10-8-18)12-15-3-5-17(19)6-4-15/h3-6,11,13-14,18,21H,7-10,12H2,1-2H3. The van der Waals surface area contributed by atoms with Crippen molar-refractivity contribution in [2.45, 2.75) is 38.4 Å². The summed E-state index contributed by atoms with van der Waals surface area (Å²) in [6.07, 6.45) is 6.43. The van der Waals surface area contributed by atoms with Crippen molar-refractivity contribution >= 4 is 11.6 Å². The molecule has 0 amide bonds. The van der Waals surface area contributed by atoms with Gasteiger partial charge in [-0.05, 0) is 50.6 Å². The highest BCUT2D eigenvalue weighted by atomic mass is 35.5. The van der Waals surface area contributed by atoms with Crippen LogP contribution in [0.3, 0.4) is 0 Å². The van der Waals surface area contributed by atoms with Crippen LogP contribution >= 0.6 is 11.6 Å². The number of aromatic nitrogens is 2. The Kier molecular flexibility index (Phi) is 5.36. The van der Waals surface area contributed by atoms with Crippen LogP contribution in [0.1, 0.15) is 36.9 Å². The molecular formula is C18H25ClN4. The molecule has 0 bridgehead atoms. The fourth-order valence-electron chi connectivity index (χ4n) is 3.22. The molecule has 1 saturated heterocycles. The quantitative estimate of drug-likeness (QED) is 0.911. The summed E-state index contributed by atoms with van der Waals surface area (Å²) in [6.45, 7) is 5.51. The molecule has 1 aromatic heterocycles. The number of likely N-dealkylation sites (tertiary alicyclic amines) is 1. The van der Waals surface area contributed by atoms with Crippen molar-refractivity contribution in [3.63, 3.8) is 0 Å². The van der Waals surface area contributed by atoms with Gasteiger partial charge in [0.2, 0.25) is 0 Å². The third-order valence-corrected chi connectivity index (χ3v) is 4.87. The van der Waals surface area contributed by atoms with E-state index in [0.717, 1.165) is 24.7 Å². The van der Waals surface area contributed by atoms with E-state index >= 15 is 0 Å². The number of benzene rings is 1. The molecule has 5 heteroatoms. The number of piperidine rings is 1. The first-order valence-electron chi connectivity index (χ1n) is 8.31. The van der Waals surface area contributed by atoms with Crippen molar-refractivity contribution in [1.29, 1.82) is 0 Å². The maximum Gasteiger partial charge on any atom is 0.0537 e. The van der Waals surface area contributed by atoms with E-state index < -0.39 is 0 Å². The molecule has 1 aromatic carbocycles. The Morgan fingerprint density at radius 2 is 1.96 bits per heavy atom. The molecule has 1 aliphatic heterocycles. The molecular weight excluding hydrogens is 308 g/mol. The molecule has 0 aliphatic carbocycles. The number of hydrogen-bond acceptors (Lipinski definition) is 3. The van der Waals surface area contributed by atoms with Gasteiger partial charge in [-0.25, -0.2) is 0 Å². The lowest BCUT2D eigenvalue weighted by Crippen LogP contribution is -2.42. The maximum absolute atomic E-state index is 5.95. The molecule has 1 aliphatic rings. The van der Waals surface area contributed by atoms with Crippen LogP contribution in [0.4, 0.5) is 0 Å². The van der Waals surface area contributed by atoms with Crippen molar-refractivity contribution < 1.29 is 0 Å². The molecule has 3 rings (SSSR count). The van der Waals surface area contributed by atoms with Crippen molar-refractivity contribution in [2.75, 3.05) is 13.1 Å². The molecule has 4 nitrogen and oxygen atoms in total. The highest BCUT2D eigenvalue weighted by Gasteiger charge is 2.21. The summed E-state index contributed by atoms with van der Waals surface area (Å²) in [4.78, 5) is 2.52. The van der Waals surface area contributed by atoms with Crippen LogP contribution in [0.5, 0.6) is 0 Å². The Balaban J connectivity index is 1.45. The zero-order valence-corrected chi connectivity index (χ0v) is 14.6. The number of nitrogens with one attached hydrogen (secondary N) is 1. The predicted molar refractivity (Wildman–Crippen MR) is 94.5 cm³/mol. The Morgan fingerprint density at radius 1 is 1.26 bits per heavy atom. The van der Waals surface area contributed by atoms with Crippen LogP contribution in [0.15, 0.2) is 36.7 Å². The van der Waals surface area contributed by atoms with Gasteiger partial charge in [0.15, 0.2) is 0 Å². The second-order valence-corrected chi connectivity index (χ2v) is 6.95. The second kappa shape index (κ2) is 7.47. The lowest BCUT2D eigenvalue weighted by Gasteiger charge is -2.33. The largest absolute Gasteiger partial charge is 0.307 e. The average Bonchev–Trinajstić information content (AvgIpc) is 2.98. The van der Waals surface area contributed by atoms with Crippen molar-refractivity contribution in [3.8, 4) is 0 Å². The minimum absolute atomic E-state index is 0.358. The van der Waals surface area contributed by atoms with Gasteiger partial charge in [0.25, 0.3) is 0 Å². The van der Waals surface area contributed by atoms with E-state index in [4.69, 9.17) is 11.6 Å². The van der Waals surface area contributed by atoms with Crippen molar-refractivity contribution in [2.24, 2.45) is 7.05 Å². The van der Waals surface area contributed by atoms with Crippen LogP contribution < -0.4 is 5.32 Å². The molecule has 0 radical (unpaired) electrons. The van der Waals surface area contributed by atoms with Crippen LogP contribution in [0.2, 0.25) is 5.02 Å². The Bertz CT molecular complexity index is 614. The molecule has 1 N–H and O–H groups in total. The third kappa shape index (κ3) is 4.56. The zero-order chi connectivity index (χ0) is 16.2. The lowest BCUT2D eigenvalue weighted by molar-refractivity contribution is 0.185. The summed E-state index contributed by atoms with van der Waals surface area (Å²) in [5.41, 5.74) is 2.60. The highest BCUT2D eigenvalue weighted by Crippen LogP contribution is 2.19. The predicted octanol–water partition coefficient (Wildman–Crippen LogP) is 3.39. The maximum atomic E-state index is 5.95. The van der Waals surface area contributed by atoms with Gasteiger partial charge in [0, 0.05) is 42.5 Å². The van der Waals surface area contributed by atoms with E-state index in [1.165, 1.54) is 24.0 Å². The first-order chi connectivity index (χ1) is 11.1. The fraction of sp³-hybridized carbons (Fsp3) is 0.500. The van der Waals surface area contributed by atoms with Gasteiger partial charge in [-0.2, -0.15) is 5.10 Å². The molecule has 124 valence electrons. The van der Waals surface area contributed by atoms with Crippen LogP contribution in [0.25, 0.3) is 0 Å². The van der Waals surface area contributed by atoms with Crippen molar-refractivity contribution in [3.05, 3.63) is 52.8 Å². The van der Waals surface area contributed by atoms with Crippen LogP contribution in [0, 0.1) is 0 Å². The number of nitrogens with zero attached hydrogens (tertiary/aromatic N) is 3. The van der Waals surface area contributed by atoms with E-state index in [9.17, 15) is 0 Å². The van der Waals surface area contributed by atoms with Gasteiger partial charge in [0.05, 0.1) is 6.20 Å². The number of rotatable bonds is 5. The first-order valence-corrected chi connectivity index (χ1v) is 8.69. The average molecular weight is 333 g/mol. The van der Waals surface area contributed by atoms with Gasteiger partial charge < -0.3 is 5.32 Å². The molecule has 1 atom stereocenters. The summed E-state index contributed by atoms with van der Waals surface area (Å²) >= 11 is 5.95. The van der Waals surface area contributed by atoms with Gasteiger partial charge in [-0.1, -0.05) is 23.7 Å². The molecule has 2 heterocycles. The fourth-order valence-corrected chi connectivity index (χ4v) is 3.35. The topological polar surface area (TPSA) is 33.1 Å². The van der Waals surface area contributed by atoms with Gasteiger partial charge in [-0.15, -0.1) is 0 Å². The molecule has 0 spiro atoms. The van der Waals surface area contributed by atoms with E-state index in [2.05, 4.69) is 40.6 Å². The molecule has 1 unspecified atom stereocenters. The molecule has 1 fully saturated rings. The summed E-state index contributed by atoms with van der Waals surface area (Å²) in [5, 5.41) is 8.80. The normalized spacial score (nSPS) is 18.2. The molecule has 0 saturated carbocycles. The van der Waals surface area contributed by atoms with Crippen LogP contribution in [-0.2, 0) is 13.6 Å². The zero-order valence-electron chi connectivity index (χ0n) is 13.9. The Hall–Kier alpha value is -1.36. The second-order valence-electron chi connectivity index (χ2n) is 6.51. The van der Waals surface area contributed by atoms with Gasteiger partial charge >= 0.3 is 0 Å². The minimum Gasteiger partial charge on any atom is -0.307 e. The van der Waals surface area contributed by atoms with E-state index in [0.29, 0.717) is 12.1 Å². The van der Waals surface area contributed by atoms with Gasteiger partial charge in [0.1, 0.15) is 0 Å². The Morgan fingerprint density at radius 3 is 2.57 bits per heavy atom. The highest BCUT2D eigenvalue weighted by molar-refractivity contribution is 6.30. The van der Waals surface area contributed by atoms with E-state index in [-0.39, 0.29) is 0 Å². The molecule has 2 aromatic rings. The SMILES string of the molecule is CC(NC1CCN(Cc2ccc(Cl)cc2)CC1)c1cnn(C)c1. The first kappa shape index (κ1) is 16.5. The minimum atomic E-state index is 0.358. The number of hydrogen-bond donors (Lipinski definition) is 1. The van der Waals surface area contributed by atoms with Gasteiger partial charge in [-0.3, -0.25) is 9.58 Å². The molecule has 23 heavy (non-hydrogen) atoms. The van der Waals surface area contributed by atoms with E-state index in [1.807, 2.05) is 30.1 Å². The van der Waals surface area contributed by atoms with E-state index in [1.54, 1.807) is 0 Å². The summed E-state index contributed by atoms with van der Waals surface area (Å²) in [7, 11) is 1.96. The summed E-state index contributed by atoms with van der Waals surface area (Å²) in [5.74, 6) is 0. The third-order valence-electron chi connectivity index (χ3n) is 4.62. The smallest absolute Gasteiger partial charge is 0.0537 e. The lowest BCUT2D eigenvalue weighted by atomic mass is 10.0. The Labute approximate surface area is 143 Å². The number of halogens is 1. The summed E-state index contributed by atoms with van der Waals surface area (Å²) in [6, 6.07) is 9.14. The van der Waals surface area contributed by atoms with Crippen LogP contribution in [-0.4, -0.2) is 33.8 Å².